The summed E-state index contributed by atoms with van der Waals surface area (Å²) in [5.74, 6) is -0.0120. The van der Waals surface area contributed by atoms with Gasteiger partial charge in [0.1, 0.15) is 5.60 Å². The Bertz CT molecular complexity index is 703. The van der Waals surface area contributed by atoms with Gasteiger partial charge in [-0.2, -0.15) is 0 Å². The van der Waals surface area contributed by atoms with Crippen molar-refractivity contribution in [3.8, 4) is 0 Å². The molecule has 0 bridgehead atoms. The second kappa shape index (κ2) is 10.8. The van der Waals surface area contributed by atoms with E-state index in [9.17, 15) is 9.59 Å². The number of nitrogens with zero attached hydrogens (tertiary/aromatic N) is 1. The van der Waals surface area contributed by atoms with Gasteiger partial charge in [0, 0.05) is 33.7 Å². The smallest absolute Gasteiger partial charge is 0.410 e. The lowest BCUT2D eigenvalue weighted by molar-refractivity contribution is -0.119. The highest BCUT2D eigenvalue weighted by molar-refractivity contribution is 5.72. The first-order valence-electron chi connectivity index (χ1n) is 11.0. The van der Waals surface area contributed by atoms with Crippen molar-refractivity contribution in [3.05, 3.63) is 35.4 Å². The summed E-state index contributed by atoms with van der Waals surface area (Å²) in [4.78, 5) is 24.3. The molecular weight excluding hydrogens is 380 g/mol. The van der Waals surface area contributed by atoms with E-state index in [-0.39, 0.29) is 17.4 Å². The third-order valence-corrected chi connectivity index (χ3v) is 5.74. The Kier molecular flexibility index (Phi) is 8.71. The summed E-state index contributed by atoms with van der Waals surface area (Å²) in [5, 5.41) is 2.58. The molecule has 30 heavy (non-hydrogen) atoms. The number of amides is 2. The van der Waals surface area contributed by atoms with Crippen LogP contribution in [0, 0.1) is 0 Å². The molecule has 0 aromatic heterocycles. The van der Waals surface area contributed by atoms with E-state index in [1.807, 2.05) is 25.7 Å². The molecule has 1 aromatic carbocycles. The number of carbonyl (C=O) groups excluding carboxylic acids is 2. The van der Waals surface area contributed by atoms with Gasteiger partial charge in [0.2, 0.25) is 5.91 Å². The fraction of sp³-hybridized carbons (Fsp3) is 0.667. The molecule has 0 saturated carbocycles. The summed E-state index contributed by atoms with van der Waals surface area (Å²) in [7, 11) is 1.60. The normalized spacial score (nSPS) is 17.4. The van der Waals surface area contributed by atoms with Crippen LogP contribution < -0.4 is 5.32 Å². The Hall–Kier alpha value is -2.08. The van der Waals surface area contributed by atoms with Crippen molar-refractivity contribution in [1.29, 1.82) is 0 Å². The molecule has 0 atom stereocenters. The van der Waals surface area contributed by atoms with Gasteiger partial charge in [-0.25, -0.2) is 4.79 Å². The lowest BCUT2D eigenvalue weighted by Gasteiger charge is -2.45. The lowest BCUT2D eigenvalue weighted by atomic mass is 9.65. The van der Waals surface area contributed by atoms with Gasteiger partial charge in [0.15, 0.2) is 0 Å². The number of piperidine rings is 1. The minimum Gasteiger partial charge on any atom is -0.444 e. The van der Waals surface area contributed by atoms with Gasteiger partial charge in [0.05, 0.1) is 6.61 Å². The SMILES string of the molecule is CC(C)(C)OC(=O)N1CCC2(CCCc3ccccc32)CC1.COCCNC(C)=O. The maximum atomic E-state index is 12.2. The quantitative estimate of drug-likeness (QED) is 0.752. The second-order valence-corrected chi connectivity index (χ2v) is 9.23. The van der Waals surface area contributed by atoms with E-state index >= 15 is 0 Å². The zero-order valence-corrected chi connectivity index (χ0v) is 19.3. The summed E-state index contributed by atoms with van der Waals surface area (Å²) >= 11 is 0. The van der Waals surface area contributed by atoms with Crippen LogP contribution in [-0.4, -0.2) is 55.9 Å². The van der Waals surface area contributed by atoms with Gasteiger partial charge in [-0.3, -0.25) is 4.79 Å². The van der Waals surface area contributed by atoms with Crippen LogP contribution in [0.15, 0.2) is 24.3 Å². The van der Waals surface area contributed by atoms with Gasteiger partial charge in [0.25, 0.3) is 0 Å². The highest BCUT2D eigenvalue weighted by Crippen LogP contribution is 2.44. The van der Waals surface area contributed by atoms with E-state index in [4.69, 9.17) is 4.74 Å². The molecule has 1 aromatic rings. The fourth-order valence-corrected chi connectivity index (χ4v) is 4.30. The molecular formula is C24H38N2O4. The Labute approximate surface area is 181 Å². The minimum absolute atomic E-state index is 0.0120. The number of aryl methyl sites for hydroxylation is 1. The van der Waals surface area contributed by atoms with Crippen LogP contribution in [0.2, 0.25) is 0 Å². The van der Waals surface area contributed by atoms with Crippen LogP contribution >= 0.6 is 0 Å². The summed E-state index contributed by atoms with van der Waals surface area (Å²) < 4.78 is 10.2. The number of carbonyl (C=O) groups is 2. The third kappa shape index (κ3) is 7.01. The fourth-order valence-electron chi connectivity index (χ4n) is 4.30. The molecule has 1 heterocycles. The minimum atomic E-state index is -0.413. The molecule has 6 nitrogen and oxygen atoms in total. The number of nitrogens with one attached hydrogen (secondary N) is 1. The number of methoxy groups -OCH3 is 1. The maximum Gasteiger partial charge on any atom is 0.410 e. The van der Waals surface area contributed by atoms with Crippen LogP contribution in [0.1, 0.15) is 64.5 Å². The van der Waals surface area contributed by atoms with Crippen molar-refractivity contribution >= 4 is 12.0 Å². The molecule has 0 radical (unpaired) electrons. The van der Waals surface area contributed by atoms with E-state index in [1.54, 1.807) is 7.11 Å². The highest BCUT2D eigenvalue weighted by atomic mass is 16.6. The monoisotopic (exact) mass is 418 g/mol. The van der Waals surface area contributed by atoms with Crippen LogP contribution in [0.4, 0.5) is 4.79 Å². The molecule has 1 spiro atoms. The second-order valence-electron chi connectivity index (χ2n) is 9.23. The average molecular weight is 419 g/mol. The molecule has 168 valence electrons. The molecule has 1 aliphatic carbocycles. The van der Waals surface area contributed by atoms with Gasteiger partial charge in [-0.05, 0) is 69.4 Å². The summed E-state index contributed by atoms with van der Waals surface area (Å²) in [5.41, 5.74) is 2.92. The maximum absolute atomic E-state index is 12.2. The van der Waals surface area contributed by atoms with Crippen molar-refractivity contribution in [3.63, 3.8) is 0 Å². The predicted molar refractivity (Wildman–Crippen MR) is 119 cm³/mol. The van der Waals surface area contributed by atoms with E-state index < -0.39 is 5.60 Å². The standard InChI is InChI=1S/C19H27NO2.C5H11NO2/c1-18(2,3)22-17(21)20-13-11-19(12-14-20)10-6-8-15-7-4-5-9-16(15)19;1-5(7)6-3-4-8-2/h4-5,7,9H,6,8,10-14H2,1-3H3;3-4H2,1-2H3,(H,6,7). The average Bonchev–Trinajstić information content (AvgIpc) is 2.68. The Morgan fingerprint density at radius 2 is 1.80 bits per heavy atom. The van der Waals surface area contributed by atoms with Gasteiger partial charge in [-0.1, -0.05) is 24.3 Å². The van der Waals surface area contributed by atoms with Crippen molar-refractivity contribution in [2.45, 2.75) is 70.8 Å². The lowest BCUT2D eigenvalue weighted by Crippen LogP contribution is -2.47. The van der Waals surface area contributed by atoms with Crippen molar-refractivity contribution in [2.75, 3.05) is 33.4 Å². The van der Waals surface area contributed by atoms with Crippen molar-refractivity contribution in [1.82, 2.24) is 10.2 Å². The van der Waals surface area contributed by atoms with Gasteiger partial charge < -0.3 is 19.7 Å². The number of likely N-dealkylation sites (tertiary alicyclic amines) is 1. The predicted octanol–water partition coefficient (Wildman–Crippen LogP) is 4.06. The molecule has 2 amide bonds. The molecule has 0 unspecified atom stereocenters. The van der Waals surface area contributed by atoms with Crippen LogP contribution in [-0.2, 0) is 26.1 Å². The molecule has 1 fully saturated rings. The molecule has 1 aliphatic heterocycles. The summed E-state index contributed by atoms with van der Waals surface area (Å²) in [6.07, 6.45) is 5.68. The molecule has 1 saturated heterocycles. The Morgan fingerprint density at radius 1 is 1.13 bits per heavy atom. The topological polar surface area (TPSA) is 67.9 Å². The zero-order valence-electron chi connectivity index (χ0n) is 19.3. The first kappa shape index (κ1) is 24.2. The molecule has 1 N–H and O–H groups in total. The van der Waals surface area contributed by atoms with Crippen LogP contribution in [0.3, 0.4) is 0 Å². The number of hydrogen-bond donors (Lipinski definition) is 1. The largest absolute Gasteiger partial charge is 0.444 e. The number of ether oxygens (including phenoxy) is 2. The molecule has 3 rings (SSSR count). The highest BCUT2D eigenvalue weighted by Gasteiger charge is 2.40. The summed E-state index contributed by atoms with van der Waals surface area (Å²) in [6, 6.07) is 8.88. The van der Waals surface area contributed by atoms with Crippen LogP contribution in [0.5, 0.6) is 0 Å². The van der Waals surface area contributed by atoms with Crippen LogP contribution in [0.25, 0.3) is 0 Å². The van der Waals surface area contributed by atoms with E-state index in [0.717, 1.165) is 25.9 Å². The van der Waals surface area contributed by atoms with E-state index in [2.05, 4.69) is 34.3 Å². The Balaban J connectivity index is 0.000000343. The third-order valence-electron chi connectivity index (χ3n) is 5.74. The van der Waals surface area contributed by atoms with Crippen molar-refractivity contribution < 1.29 is 19.1 Å². The number of rotatable bonds is 3. The molecule has 2 aliphatic rings. The number of fused-ring (bicyclic) bond motifs is 2. The van der Waals surface area contributed by atoms with Gasteiger partial charge >= 0.3 is 6.09 Å². The number of hydrogen-bond acceptors (Lipinski definition) is 4. The Morgan fingerprint density at radius 3 is 2.40 bits per heavy atom. The summed E-state index contributed by atoms with van der Waals surface area (Å²) in [6.45, 7) is 10.1. The van der Waals surface area contributed by atoms with E-state index in [0.29, 0.717) is 13.2 Å². The zero-order chi connectivity index (χ0) is 22.2. The van der Waals surface area contributed by atoms with E-state index in [1.165, 1.54) is 37.3 Å². The van der Waals surface area contributed by atoms with Crippen molar-refractivity contribution in [2.24, 2.45) is 0 Å². The first-order valence-corrected chi connectivity index (χ1v) is 11.0. The number of benzene rings is 1. The molecule has 6 heteroatoms. The van der Waals surface area contributed by atoms with Gasteiger partial charge in [-0.15, -0.1) is 0 Å². The first-order chi connectivity index (χ1) is 14.2.